The van der Waals surface area contributed by atoms with Gasteiger partial charge in [-0.05, 0) is 42.0 Å². The van der Waals surface area contributed by atoms with Crippen molar-refractivity contribution in [2.75, 3.05) is 5.32 Å². The zero-order valence-electron chi connectivity index (χ0n) is 14.8. The van der Waals surface area contributed by atoms with Crippen molar-refractivity contribution in [2.45, 2.75) is 6.54 Å². The highest BCUT2D eigenvalue weighted by Crippen LogP contribution is 2.27. The summed E-state index contributed by atoms with van der Waals surface area (Å²) in [4.78, 5) is 38.8. The van der Waals surface area contributed by atoms with Crippen LogP contribution < -0.4 is 5.32 Å². The maximum atomic E-state index is 12.7. The molecule has 1 heterocycles. The van der Waals surface area contributed by atoms with E-state index in [1.807, 2.05) is 30.3 Å². The summed E-state index contributed by atoms with van der Waals surface area (Å²) < 4.78 is 0. The summed E-state index contributed by atoms with van der Waals surface area (Å²) >= 11 is 0. The van der Waals surface area contributed by atoms with Gasteiger partial charge in [-0.3, -0.25) is 19.3 Å². The molecule has 0 fully saturated rings. The number of carbonyl (C=O) groups is 3. The second-order valence-corrected chi connectivity index (χ2v) is 6.45. The lowest BCUT2D eigenvalue weighted by Gasteiger charge is -2.13. The standard InChI is InChI=1S/C22H16N2O4/c25-17-8-4-7-15(11-17)20(26)23-16-9-10-18-19(12-16)22(28)24(21(18)27)13-14-5-2-1-3-6-14/h1-12,25H,13H2,(H,23,26). The molecule has 0 bridgehead atoms. The molecule has 0 aliphatic carbocycles. The van der Waals surface area contributed by atoms with E-state index < -0.39 is 11.8 Å². The van der Waals surface area contributed by atoms with Crippen molar-refractivity contribution < 1.29 is 19.5 Å². The smallest absolute Gasteiger partial charge is 0.261 e. The highest BCUT2D eigenvalue weighted by atomic mass is 16.3. The number of aromatic hydroxyl groups is 1. The number of benzene rings is 3. The molecule has 6 heteroatoms. The van der Waals surface area contributed by atoms with Gasteiger partial charge in [0.2, 0.25) is 0 Å². The number of carbonyl (C=O) groups excluding carboxylic acids is 3. The normalized spacial score (nSPS) is 12.8. The number of amides is 3. The maximum absolute atomic E-state index is 12.7. The van der Waals surface area contributed by atoms with Crippen molar-refractivity contribution >= 4 is 23.4 Å². The average molecular weight is 372 g/mol. The summed E-state index contributed by atoms with van der Waals surface area (Å²) in [6.07, 6.45) is 0. The zero-order valence-corrected chi connectivity index (χ0v) is 14.8. The van der Waals surface area contributed by atoms with Crippen LogP contribution in [0, 0.1) is 0 Å². The van der Waals surface area contributed by atoms with Crippen LogP contribution in [0.5, 0.6) is 5.75 Å². The summed E-state index contributed by atoms with van der Waals surface area (Å²) in [5.41, 5.74) is 2.11. The van der Waals surface area contributed by atoms with Crippen LogP contribution in [-0.2, 0) is 6.54 Å². The highest BCUT2D eigenvalue weighted by Gasteiger charge is 2.35. The number of phenols is 1. The van der Waals surface area contributed by atoms with E-state index >= 15 is 0 Å². The molecule has 4 rings (SSSR count). The number of rotatable bonds is 4. The van der Waals surface area contributed by atoms with Crippen LogP contribution >= 0.6 is 0 Å². The molecule has 0 saturated heterocycles. The molecule has 0 radical (unpaired) electrons. The minimum atomic E-state index is -0.422. The Morgan fingerprint density at radius 1 is 0.857 bits per heavy atom. The van der Waals surface area contributed by atoms with Crippen LogP contribution in [0.25, 0.3) is 0 Å². The summed E-state index contributed by atoms with van der Waals surface area (Å²) in [5.74, 6) is -1.18. The number of phenolic OH excluding ortho intramolecular Hbond substituents is 1. The Labute approximate surface area is 161 Å². The minimum Gasteiger partial charge on any atom is -0.508 e. The predicted octanol–water partition coefficient (Wildman–Crippen LogP) is 3.44. The fourth-order valence-corrected chi connectivity index (χ4v) is 3.13. The zero-order chi connectivity index (χ0) is 19.7. The summed E-state index contributed by atoms with van der Waals surface area (Å²) in [7, 11) is 0. The van der Waals surface area contributed by atoms with Gasteiger partial charge in [-0.25, -0.2) is 0 Å². The lowest BCUT2D eigenvalue weighted by atomic mass is 10.1. The van der Waals surface area contributed by atoms with Crippen LogP contribution in [0.1, 0.15) is 36.6 Å². The third kappa shape index (κ3) is 3.23. The van der Waals surface area contributed by atoms with E-state index in [-0.39, 0.29) is 29.3 Å². The number of fused-ring (bicyclic) bond motifs is 1. The average Bonchev–Trinajstić information content (AvgIpc) is 2.93. The lowest BCUT2D eigenvalue weighted by molar-refractivity contribution is 0.0642. The SMILES string of the molecule is O=C(Nc1ccc2c(c1)C(=O)N(Cc1ccccc1)C2=O)c1cccc(O)c1. The Kier molecular flexibility index (Phi) is 4.37. The molecule has 0 spiro atoms. The van der Waals surface area contributed by atoms with Crippen LogP contribution in [0.4, 0.5) is 5.69 Å². The highest BCUT2D eigenvalue weighted by molar-refractivity contribution is 6.22. The number of hydrogen-bond donors (Lipinski definition) is 2. The molecule has 0 aromatic heterocycles. The number of nitrogens with one attached hydrogen (secondary N) is 1. The van der Waals surface area contributed by atoms with E-state index in [9.17, 15) is 19.5 Å². The topological polar surface area (TPSA) is 86.7 Å². The van der Waals surface area contributed by atoms with Crippen LogP contribution in [0.3, 0.4) is 0 Å². The second-order valence-electron chi connectivity index (χ2n) is 6.45. The maximum Gasteiger partial charge on any atom is 0.261 e. The first-order chi connectivity index (χ1) is 13.5. The fourth-order valence-electron chi connectivity index (χ4n) is 3.13. The van der Waals surface area contributed by atoms with Gasteiger partial charge in [-0.1, -0.05) is 36.4 Å². The molecule has 1 aliphatic heterocycles. The van der Waals surface area contributed by atoms with E-state index in [1.54, 1.807) is 24.3 Å². The lowest BCUT2D eigenvalue weighted by Crippen LogP contribution is -2.29. The number of nitrogens with zero attached hydrogens (tertiary/aromatic N) is 1. The monoisotopic (exact) mass is 372 g/mol. The quantitative estimate of drug-likeness (QED) is 0.687. The Balaban J connectivity index is 1.56. The van der Waals surface area contributed by atoms with Gasteiger partial charge in [-0.15, -0.1) is 0 Å². The molecular weight excluding hydrogens is 356 g/mol. The van der Waals surface area contributed by atoms with Crippen molar-refractivity contribution in [1.82, 2.24) is 4.90 Å². The molecule has 3 amide bonds. The van der Waals surface area contributed by atoms with Crippen molar-refractivity contribution in [1.29, 1.82) is 0 Å². The minimum absolute atomic E-state index is 0.0149. The third-order valence-corrected chi connectivity index (χ3v) is 4.52. The first-order valence-corrected chi connectivity index (χ1v) is 8.67. The Morgan fingerprint density at radius 3 is 2.36 bits per heavy atom. The Bertz CT molecular complexity index is 1090. The first-order valence-electron chi connectivity index (χ1n) is 8.67. The van der Waals surface area contributed by atoms with Gasteiger partial charge in [0, 0.05) is 11.3 Å². The van der Waals surface area contributed by atoms with Gasteiger partial charge in [0.15, 0.2) is 0 Å². The Hall–Kier alpha value is -3.93. The molecule has 3 aromatic carbocycles. The molecule has 0 unspecified atom stereocenters. The number of anilines is 1. The molecule has 6 nitrogen and oxygen atoms in total. The first kappa shape index (κ1) is 17.5. The van der Waals surface area contributed by atoms with Gasteiger partial charge in [0.05, 0.1) is 17.7 Å². The van der Waals surface area contributed by atoms with E-state index in [0.717, 1.165) is 5.56 Å². The van der Waals surface area contributed by atoms with Gasteiger partial charge in [-0.2, -0.15) is 0 Å². The molecular formula is C22H16N2O4. The van der Waals surface area contributed by atoms with Gasteiger partial charge < -0.3 is 10.4 Å². The van der Waals surface area contributed by atoms with Crippen molar-refractivity contribution in [3.63, 3.8) is 0 Å². The van der Waals surface area contributed by atoms with Crippen LogP contribution in [0.2, 0.25) is 0 Å². The molecule has 0 atom stereocenters. The predicted molar refractivity (Wildman–Crippen MR) is 103 cm³/mol. The van der Waals surface area contributed by atoms with Crippen LogP contribution in [-0.4, -0.2) is 27.7 Å². The van der Waals surface area contributed by atoms with Gasteiger partial charge >= 0.3 is 0 Å². The number of imide groups is 1. The molecule has 2 N–H and O–H groups in total. The summed E-state index contributed by atoms with van der Waals surface area (Å²) in [5, 5.41) is 12.2. The van der Waals surface area contributed by atoms with Gasteiger partial charge in [0.1, 0.15) is 5.75 Å². The van der Waals surface area contributed by atoms with E-state index in [4.69, 9.17) is 0 Å². The molecule has 0 saturated carbocycles. The van der Waals surface area contributed by atoms with Crippen LogP contribution in [0.15, 0.2) is 72.8 Å². The molecule has 1 aliphatic rings. The van der Waals surface area contributed by atoms with Gasteiger partial charge in [0.25, 0.3) is 17.7 Å². The molecule has 138 valence electrons. The molecule has 28 heavy (non-hydrogen) atoms. The van der Waals surface area contributed by atoms with Crippen molar-refractivity contribution in [3.05, 3.63) is 95.1 Å². The van der Waals surface area contributed by atoms with E-state index in [2.05, 4.69) is 5.32 Å². The third-order valence-electron chi connectivity index (χ3n) is 4.52. The largest absolute Gasteiger partial charge is 0.508 e. The van der Waals surface area contributed by atoms with E-state index in [0.29, 0.717) is 11.3 Å². The summed E-state index contributed by atoms with van der Waals surface area (Å²) in [6, 6.07) is 19.8. The van der Waals surface area contributed by atoms with E-state index in [1.165, 1.54) is 23.1 Å². The Morgan fingerprint density at radius 2 is 1.61 bits per heavy atom. The number of hydrogen-bond acceptors (Lipinski definition) is 4. The van der Waals surface area contributed by atoms with Crippen molar-refractivity contribution in [2.24, 2.45) is 0 Å². The van der Waals surface area contributed by atoms with Crippen molar-refractivity contribution in [3.8, 4) is 5.75 Å². The second kappa shape index (κ2) is 7.00. The fraction of sp³-hybridized carbons (Fsp3) is 0.0455. The summed E-state index contributed by atoms with van der Waals surface area (Å²) in [6.45, 7) is 0.193. The molecule has 3 aromatic rings.